The van der Waals surface area contributed by atoms with Gasteiger partial charge in [0.15, 0.2) is 0 Å². The molecule has 0 spiro atoms. The van der Waals surface area contributed by atoms with E-state index in [9.17, 15) is 15.2 Å². The lowest BCUT2D eigenvalue weighted by molar-refractivity contribution is -0.384. The SMILES string of the molecule is Cc1cc([N+](=O)[O-])ccc1NCC1(C)CCCCC1O. The van der Waals surface area contributed by atoms with Crippen LogP contribution in [0, 0.1) is 22.5 Å². The van der Waals surface area contributed by atoms with Crippen LogP contribution in [0.5, 0.6) is 0 Å². The van der Waals surface area contributed by atoms with Crippen molar-refractivity contribution < 1.29 is 10.0 Å². The number of nitro groups is 1. The number of rotatable bonds is 4. The van der Waals surface area contributed by atoms with Crippen molar-refractivity contribution in [3.8, 4) is 0 Å². The molecule has 1 aromatic carbocycles. The minimum atomic E-state index is -0.386. The highest BCUT2D eigenvalue weighted by Gasteiger charge is 2.35. The number of nitro benzene ring substituents is 1. The van der Waals surface area contributed by atoms with Crippen molar-refractivity contribution in [3.05, 3.63) is 33.9 Å². The maximum absolute atomic E-state index is 10.7. The van der Waals surface area contributed by atoms with E-state index >= 15 is 0 Å². The van der Waals surface area contributed by atoms with Gasteiger partial charge >= 0.3 is 0 Å². The molecular formula is C15H22N2O3. The van der Waals surface area contributed by atoms with Crippen molar-refractivity contribution in [1.82, 2.24) is 0 Å². The Morgan fingerprint density at radius 3 is 2.85 bits per heavy atom. The molecule has 0 heterocycles. The zero-order valence-corrected chi connectivity index (χ0v) is 12.1. The van der Waals surface area contributed by atoms with E-state index in [1.54, 1.807) is 12.1 Å². The fourth-order valence-corrected chi connectivity index (χ4v) is 2.84. The summed E-state index contributed by atoms with van der Waals surface area (Å²) in [6.07, 6.45) is 3.83. The topological polar surface area (TPSA) is 75.4 Å². The first kappa shape index (κ1) is 14.8. The molecule has 2 atom stereocenters. The maximum Gasteiger partial charge on any atom is 0.269 e. The summed E-state index contributed by atoms with van der Waals surface area (Å²) < 4.78 is 0. The van der Waals surface area contributed by atoms with E-state index in [-0.39, 0.29) is 22.1 Å². The van der Waals surface area contributed by atoms with Gasteiger partial charge in [0.05, 0.1) is 11.0 Å². The molecule has 0 aromatic heterocycles. The van der Waals surface area contributed by atoms with Crippen molar-refractivity contribution in [2.45, 2.75) is 45.6 Å². The summed E-state index contributed by atoms with van der Waals surface area (Å²) >= 11 is 0. The van der Waals surface area contributed by atoms with Crippen molar-refractivity contribution in [3.63, 3.8) is 0 Å². The summed E-state index contributed by atoms with van der Waals surface area (Å²) in [5.41, 5.74) is 1.74. The number of aliphatic hydroxyl groups excluding tert-OH is 1. The highest BCUT2D eigenvalue weighted by Crippen LogP contribution is 2.36. The predicted molar refractivity (Wildman–Crippen MR) is 78.9 cm³/mol. The Morgan fingerprint density at radius 1 is 1.50 bits per heavy atom. The van der Waals surface area contributed by atoms with Gasteiger partial charge in [-0.1, -0.05) is 19.8 Å². The molecule has 5 nitrogen and oxygen atoms in total. The second-order valence-electron chi connectivity index (χ2n) is 6.03. The summed E-state index contributed by atoms with van der Waals surface area (Å²) in [5.74, 6) is 0. The number of nitrogens with zero attached hydrogens (tertiary/aromatic N) is 1. The first-order chi connectivity index (χ1) is 9.42. The number of benzene rings is 1. The monoisotopic (exact) mass is 278 g/mol. The minimum absolute atomic E-state index is 0.108. The molecular weight excluding hydrogens is 256 g/mol. The number of anilines is 1. The van der Waals surface area contributed by atoms with Crippen molar-refractivity contribution in [1.29, 1.82) is 0 Å². The molecule has 0 radical (unpaired) electrons. The Kier molecular flexibility index (Phi) is 4.28. The molecule has 5 heteroatoms. The highest BCUT2D eigenvalue weighted by atomic mass is 16.6. The van der Waals surface area contributed by atoms with E-state index in [0.29, 0.717) is 6.54 Å². The highest BCUT2D eigenvalue weighted by molar-refractivity contribution is 5.55. The molecule has 0 bridgehead atoms. The van der Waals surface area contributed by atoms with E-state index in [0.717, 1.165) is 36.9 Å². The number of nitrogens with one attached hydrogen (secondary N) is 1. The van der Waals surface area contributed by atoms with Gasteiger partial charge in [-0.15, -0.1) is 0 Å². The van der Waals surface area contributed by atoms with Gasteiger partial charge in [-0.2, -0.15) is 0 Å². The summed E-state index contributed by atoms with van der Waals surface area (Å²) in [5, 5.41) is 24.2. The van der Waals surface area contributed by atoms with Crippen LogP contribution in [0.2, 0.25) is 0 Å². The zero-order chi connectivity index (χ0) is 14.8. The smallest absolute Gasteiger partial charge is 0.269 e. The van der Waals surface area contributed by atoms with Crippen LogP contribution >= 0.6 is 0 Å². The molecule has 2 N–H and O–H groups in total. The molecule has 0 saturated heterocycles. The lowest BCUT2D eigenvalue weighted by atomic mass is 9.73. The summed E-state index contributed by atoms with van der Waals surface area (Å²) in [6.45, 7) is 4.65. The first-order valence-corrected chi connectivity index (χ1v) is 7.09. The summed E-state index contributed by atoms with van der Waals surface area (Å²) in [6, 6.07) is 4.82. The van der Waals surface area contributed by atoms with E-state index in [2.05, 4.69) is 12.2 Å². The molecule has 2 rings (SSSR count). The van der Waals surface area contributed by atoms with Crippen LogP contribution in [0.25, 0.3) is 0 Å². The number of aliphatic hydroxyl groups is 1. The molecule has 1 aliphatic carbocycles. The van der Waals surface area contributed by atoms with Crippen LogP contribution in [0.3, 0.4) is 0 Å². The lowest BCUT2D eigenvalue weighted by Gasteiger charge is -2.39. The third kappa shape index (κ3) is 3.10. The Bertz CT molecular complexity index is 504. The molecule has 0 aliphatic heterocycles. The molecule has 1 saturated carbocycles. The second-order valence-corrected chi connectivity index (χ2v) is 6.03. The molecule has 0 amide bonds. The third-order valence-corrected chi connectivity index (χ3v) is 4.38. The fraction of sp³-hybridized carbons (Fsp3) is 0.600. The van der Waals surface area contributed by atoms with Crippen LogP contribution in [0.1, 0.15) is 38.2 Å². The Hall–Kier alpha value is -1.62. The molecule has 1 fully saturated rings. The van der Waals surface area contributed by atoms with Gasteiger partial charge in [0.1, 0.15) is 0 Å². The van der Waals surface area contributed by atoms with E-state index in [4.69, 9.17) is 0 Å². The molecule has 2 unspecified atom stereocenters. The first-order valence-electron chi connectivity index (χ1n) is 7.09. The standard InChI is InChI=1S/C15H22N2O3/c1-11-9-12(17(19)20)6-7-13(11)16-10-15(2)8-4-3-5-14(15)18/h6-7,9,14,16,18H,3-5,8,10H2,1-2H3. The van der Waals surface area contributed by atoms with Gasteiger partial charge in [0, 0.05) is 29.8 Å². The van der Waals surface area contributed by atoms with Crippen LogP contribution in [-0.2, 0) is 0 Å². The van der Waals surface area contributed by atoms with E-state index < -0.39 is 0 Å². The van der Waals surface area contributed by atoms with Crippen LogP contribution in [0.4, 0.5) is 11.4 Å². The lowest BCUT2D eigenvalue weighted by Crippen LogP contribution is -2.41. The largest absolute Gasteiger partial charge is 0.392 e. The Labute approximate surface area is 119 Å². The second kappa shape index (κ2) is 5.79. The Morgan fingerprint density at radius 2 is 2.25 bits per heavy atom. The van der Waals surface area contributed by atoms with Gasteiger partial charge in [0.25, 0.3) is 5.69 Å². The maximum atomic E-state index is 10.7. The van der Waals surface area contributed by atoms with Crippen molar-refractivity contribution in [2.75, 3.05) is 11.9 Å². The number of non-ortho nitro benzene ring substituents is 1. The van der Waals surface area contributed by atoms with Crippen LogP contribution in [0.15, 0.2) is 18.2 Å². The average molecular weight is 278 g/mol. The molecule has 1 aromatic rings. The van der Waals surface area contributed by atoms with Gasteiger partial charge in [0.2, 0.25) is 0 Å². The quantitative estimate of drug-likeness (QED) is 0.654. The minimum Gasteiger partial charge on any atom is -0.392 e. The number of aryl methyl sites for hydroxylation is 1. The average Bonchev–Trinajstić information content (AvgIpc) is 2.41. The number of hydrogen-bond acceptors (Lipinski definition) is 4. The molecule has 1 aliphatic rings. The molecule has 110 valence electrons. The van der Waals surface area contributed by atoms with E-state index in [1.807, 2.05) is 6.92 Å². The van der Waals surface area contributed by atoms with Gasteiger partial charge in [-0.25, -0.2) is 0 Å². The van der Waals surface area contributed by atoms with Crippen LogP contribution in [-0.4, -0.2) is 22.7 Å². The van der Waals surface area contributed by atoms with Gasteiger partial charge in [-0.05, 0) is 31.4 Å². The van der Waals surface area contributed by atoms with Crippen LogP contribution < -0.4 is 5.32 Å². The Balaban J connectivity index is 2.05. The molecule has 20 heavy (non-hydrogen) atoms. The van der Waals surface area contributed by atoms with E-state index in [1.165, 1.54) is 6.07 Å². The van der Waals surface area contributed by atoms with Crippen molar-refractivity contribution >= 4 is 11.4 Å². The predicted octanol–water partition coefficient (Wildman–Crippen LogP) is 3.26. The summed E-state index contributed by atoms with van der Waals surface area (Å²) in [4.78, 5) is 10.3. The zero-order valence-electron chi connectivity index (χ0n) is 12.1. The summed E-state index contributed by atoms with van der Waals surface area (Å²) in [7, 11) is 0. The van der Waals surface area contributed by atoms with Crippen molar-refractivity contribution in [2.24, 2.45) is 5.41 Å². The van der Waals surface area contributed by atoms with Gasteiger partial charge in [-0.3, -0.25) is 10.1 Å². The number of hydrogen-bond donors (Lipinski definition) is 2. The van der Waals surface area contributed by atoms with Gasteiger partial charge < -0.3 is 10.4 Å². The fourth-order valence-electron chi connectivity index (χ4n) is 2.84. The third-order valence-electron chi connectivity index (χ3n) is 4.38. The normalized spacial score (nSPS) is 26.2.